The Morgan fingerprint density at radius 2 is 2.24 bits per heavy atom. The van der Waals surface area contributed by atoms with Gasteiger partial charge < -0.3 is 11.1 Å². The summed E-state index contributed by atoms with van der Waals surface area (Å²) in [4.78, 5) is 23.2. The van der Waals surface area contributed by atoms with Crippen LogP contribution in [0.5, 0.6) is 0 Å². The molecule has 0 bridgehead atoms. The molecule has 1 heterocycles. The topological polar surface area (TPSA) is 98.3 Å². The van der Waals surface area contributed by atoms with Gasteiger partial charge >= 0.3 is 0 Å². The summed E-state index contributed by atoms with van der Waals surface area (Å²) in [6, 6.07) is 4.98. The van der Waals surface area contributed by atoms with Gasteiger partial charge in [0.15, 0.2) is 5.82 Å². The summed E-state index contributed by atoms with van der Waals surface area (Å²) in [5.41, 5.74) is 4.19. The molecule has 1 unspecified atom stereocenters. The molecule has 1 amide bonds. The number of hydrogen-bond acceptors (Lipinski definition) is 5. The van der Waals surface area contributed by atoms with Crippen molar-refractivity contribution in [2.24, 2.45) is 0 Å². The van der Waals surface area contributed by atoms with E-state index in [1.165, 1.54) is 11.3 Å². The molecule has 0 spiro atoms. The van der Waals surface area contributed by atoms with Gasteiger partial charge in [0.2, 0.25) is 0 Å². The molecule has 0 aliphatic carbocycles. The zero-order chi connectivity index (χ0) is 15.6. The monoisotopic (exact) mass is 309 g/mol. The normalized spacial score (nSPS) is 11.9. The minimum atomic E-state index is -0.926. The average Bonchev–Trinajstić information content (AvgIpc) is 2.95. The number of nitrogens with zero attached hydrogens (tertiary/aromatic N) is 1. The van der Waals surface area contributed by atoms with E-state index in [2.05, 4.69) is 5.32 Å². The van der Waals surface area contributed by atoms with Gasteiger partial charge in [0, 0.05) is 4.88 Å². The Morgan fingerprint density at radius 3 is 2.81 bits per heavy atom. The summed E-state index contributed by atoms with van der Waals surface area (Å²) in [7, 11) is 0. The van der Waals surface area contributed by atoms with E-state index in [-0.39, 0.29) is 17.3 Å². The van der Waals surface area contributed by atoms with Crippen LogP contribution in [0.1, 0.15) is 28.2 Å². The smallest absolute Gasteiger partial charge is 0.285 e. The van der Waals surface area contributed by atoms with Crippen molar-refractivity contribution in [3.8, 4) is 0 Å². The largest absolute Gasteiger partial charge is 0.396 e. The van der Waals surface area contributed by atoms with Gasteiger partial charge in [-0.05, 0) is 24.4 Å². The molecule has 0 radical (unpaired) electrons. The lowest BCUT2D eigenvalue weighted by molar-refractivity contribution is -0.385. The quantitative estimate of drug-likeness (QED) is 0.515. The number of nitrogens with two attached hydrogens (primary N) is 1. The van der Waals surface area contributed by atoms with Crippen LogP contribution in [0.15, 0.2) is 29.6 Å². The van der Waals surface area contributed by atoms with Crippen LogP contribution in [0.3, 0.4) is 0 Å². The third kappa shape index (κ3) is 3.16. The fourth-order valence-electron chi connectivity index (χ4n) is 1.80. The van der Waals surface area contributed by atoms with Gasteiger partial charge in [-0.1, -0.05) is 6.07 Å². The lowest BCUT2D eigenvalue weighted by atomic mass is 10.1. The molecule has 0 fully saturated rings. The highest BCUT2D eigenvalue weighted by Gasteiger charge is 2.24. The van der Waals surface area contributed by atoms with E-state index < -0.39 is 22.3 Å². The van der Waals surface area contributed by atoms with Gasteiger partial charge in [0.1, 0.15) is 5.56 Å². The Hall–Kier alpha value is -2.48. The van der Waals surface area contributed by atoms with Crippen LogP contribution in [0.25, 0.3) is 0 Å². The zero-order valence-corrected chi connectivity index (χ0v) is 11.8. The highest BCUT2D eigenvalue weighted by atomic mass is 32.1. The number of thiophene rings is 1. The molecule has 2 aromatic rings. The van der Waals surface area contributed by atoms with E-state index in [9.17, 15) is 19.3 Å². The summed E-state index contributed by atoms with van der Waals surface area (Å²) in [5.74, 6) is -1.60. The van der Waals surface area contributed by atoms with Crippen molar-refractivity contribution in [1.29, 1.82) is 0 Å². The van der Waals surface area contributed by atoms with Crippen LogP contribution in [0.2, 0.25) is 0 Å². The Balaban J connectivity index is 2.30. The van der Waals surface area contributed by atoms with E-state index in [0.717, 1.165) is 10.9 Å². The maximum absolute atomic E-state index is 13.3. The highest BCUT2D eigenvalue weighted by molar-refractivity contribution is 7.10. The number of nitrogens with one attached hydrogen (secondary N) is 1. The number of benzene rings is 1. The number of hydrogen-bond donors (Lipinski definition) is 2. The van der Waals surface area contributed by atoms with E-state index in [0.29, 0.717) is 6.07 Å². The molecule has 1 atom stereocenters. The van der Waals surface area contributed by atoms with Crippen LogP contribution < -0.4 is 11.1 Å². The van der Waals surface area contributed by atoms with Gasteiger partial charge in [-0.2, -0.15) is 0 Å². The Bertz CT molecular complexity index is 688. The number of nitro benzene ring substituents is 1. The maximum atomic E-state index is 13.3. The number of nitro groups is 1. The molecule has 3 N–H and O–H groups in total. The van der Waals surface area contributed by atoms with Crippen molar-refractivity contribution in [2.75, 3.05) is 5.73 Å². The molecular weight excluding hydrogens is 297 g/mol. The van der Waals surface area contributed by atoms with E-state index >= 15 is 0 Å². The average molecular weight is 309 g/mol. The zero-order valence-electron chi connectivity index (χ0n) is 11.0. The van der Waals surface area contributed by atoms with Crippen molar-refractivity contribution in [3.05, 3.63) is 56.0 Å². The van der Waals surface area contributed by atoms with Gasteiger partial charge in [0.25, 0.3) is 11.6 Å². The van der Waals surface area contributed by atoms with Crippen LogP contribution in [0, 0.1) is 15.9 Å². The van der Waals surface area contributed by atoms with E-state index in [4.69, 9.17) is 5.73 Å². The van der Waals surface area contributed by atoms with Crippen molar-refractivity contribution in [1.82, 2.24) is 5.32 Å². The summed E-state index contributed by atoms with van der Waals surface area (Å²) in [5, 5.41) is 15.4. The van der Waals surface area contributed by atoms with Crippen molar-refractivity contribution >= 4 is 28.6 Å². The lowest BCUT2D eigenvalue weighted by Crippen LogP contribution is -2.27. The number of anilines is 1. The summed E-state index contributed by atoms with van der Waals surface area (Å²) in [6.07, 6.45) is 0. The Labute approximate surface area is 123 Å². The van der Waals surface area contributed by atoms with Crippen LogP contribution in [-0.2, 0) is 0 Å². The molecule has 1 aromatic carbocycles. The molecule has 8 heteroatoms. The first kappa shape index (κ1) is 14.9. The molecule has 0 aliphatic rings. The number of carbonyl (C=O) groups is 1. The van der Waals surface area contributed by atoms with E-state index in [1.54, 1.807) is 6.92 Å². The predicted molar refractivity (Wildman–Crippen MR) is 77.7 cm³/mol. The number of halogens is 1. The van der Waals surface area contributed by atoms with Gasteiger partial charge in [-0.3, -0.25) is 14.9 Å². The standard InChI is InChI=1S/C13H12FN3O3S/c1-7(12-3-2-4-21-12)16-13(18)8-5-10(15)9(14)6-11(8)17(19)20/h2-7H,15H2,1H3,(H,16,18). The summed E-state index contributed by atoms with van der Waals surface area (Å²) in [6.45, 7) is 1.75. The molecule has 2 rings (SSSR count). The molecule has 0 saturated heterocycles. The fraction of sp³-hybridized carbons (Fsp3) is 0.154. The van der Waals surface area contributed by atoms with Gasteiger partial charge in [0.05, 0.1) is 22.7 Å². The van der Waals surface area contributed by atoms with Crippen molar-refractivity contribution in [3.63, 3.8) is 0 Å². The molecular formula is C13H12FN3O3S. The fourth-order valence-corrected chi connectivity index (χ4v) is 2.53. The summed E-state index contributed by atoms with van der Waals surface area (Å²) >= 11 is 1.45. The number of carbonyl (C=O) groups excluding carboxylic acids is 1. The summed E-state index contributed by atoms with van der Waals surface area (Å²) < 4.78 is 13.3. The molecule has 110 valence electrons. The maximum Gasteiger partial charge on any atom is 0.285 e. The third-order valence-electron chi connectivity index (χ3n) is 2.87. The third-order valence-corrected chi connectivity index (χ3v) is 3.93. The lowest BCUT2D eigenvalue weighted by Gasteiger charge is -2.12. The van der Waals surface area contributed by atoms with Crippen LogP contribution in [0.4, 0.5) is 15.8 Å². The first-order valence-corrected chi connectivity index (χ1v) is 6.85. The first-order valence-electron chi connectivity index (χ1n) is 5.98. The van der Waals surface area contributed by atoms with E-state index in [1.807, 2.05) is 17.5 Å². The second-order valence-electron chi connectivity index (χ2n) is 4.36. The first-order chi connectivity index (χ1) is 9.90. The second-order valence-corrected chi connectivity index (χ2v) is 5.34. The van der Waals surface area contributed by atoms with Crippen molar-refractivity contribution in [2.45, 2.75) is 13.0 Å². The molecule has 6 nitrogen and oxygen atoms in total. The molecule has 0 aliphatic heterocycles. The highest BCUT2D eigenvalue weighted by Crippen LogP contribution is 2.25. The predicted octanol–water partition coefficient (Wildman–Crippen LogP) is 2.87. The number of amides is 1. The Morgan fingerprint density at radius 1 is 1.52 bits per heavy atom. The number of rotatable bonds is 4. The van der Waals surface area contributed by atoms with Crippen LogP contribution in [-0.4, -0.2) is 10.8 Å². The molecule has 21 heavy (non-hydrogen) atoms. The minimum Gasteiger partial charge on any atom is -0.396 e. The van der Waals surface area contributed by atoms with Crippen LogP contribution >= 0.6 is 11.3 Å². The molecule has 0 saturated carbocycles. The SMILES string of the molecule is CC(NC(=O)c1cc(N)c(F)cc1[N+](=O)[O-])c1cccs1. The number of nitrogen functional groups attached to an aromatic ring is 1. The van der Waals surface area contributed by atoms with Gasteiger partial charge in [-0.25, -0.2) is 4.39 Å². The Kier molecular flexibility index (Phi) is 4.18. The van der Waals surface area contributed by atoms with Crippen molar-refractivity contribution < 1.29 is 14.1 Å². The molecule has 1 aromatic heterocycles. The van der Waals surface area contributed by atoms with Gasteiger partial charge in [-0.15, -0.1) is 11.3 Å². The minimum absolute atomic E-state index is 0.262. The second kappa shape index (κ2) is 5.88.